The maximum atomic E-state index is 13.9. The molecule has 0 aromatic heterocycles. The van der Waals surface area contributed by atoms with E-state index in [0.717, 1.165) is 11.6 Å². The maximum absolute atomic E-state index is 13.9. The van der Waals surface area contributed by atoms with Crippen molar-refractivity contribution >= 4 is 27.3 Å². The zero-order valence-electron chi connectivity index (χ0n) is 11.2. The van der Waals surface area contributed by atoms with Gasteiger partial charge in [0.2, 0.25) is 0 Å². The number of rotatable bonds is 4. The van der Waals surface area contributed by atoms with E-state index in [0.29, 0.717) is 10.6 Å². The molecule has 0 saturated heterocycles. The van der Waals surface area contributed by atoms with Crippen LogP contribution >= 0.6 is 11.6 Å². The van der Waals surface area contributed by atoms with Crippen LogP contribution in [0.4, 0.5) is 10.1 Å². The summed E-state index contributed by atoms with van der Waals surface area (Å²) >= 11 is 5.94. The van der Waals surface area contributed by atoms with Crippen LogP contribution in [0.1, 0.15) is 11.1 Å². The molecule has 2 aromatic rings. The van der Waals surface area contributed by atoms with Crippen molar-refractivity contribution in [2.45, 2.75) is 18.4 Å². The highest BCUT2D eigenvalue weighted by Crippen LogP contribution is 2.24. The lowest BCUT2D eigenvalue weighted by molar-refractivity contribution is 0.569. The van der Waals surface area contributed by atoms with Gasteiger partial charge >= 0.3 is 0 Å². The Morgan fingerprint density at radius 1 is 1.24 bits per heavy atom. The van der Waals surface area contributed by atoms with Gasteiger partial charge < -0.3 is 5.73 Å². The Kier molecular flexibility index (Phi) is 4.51. The number of aryl methyl sites for hydroxylation is 1. The van der Waals surface area contributed by atoms with Crippen molar-refractivity contribution in [3.63, 3.8) is 0 Å². The van der Waals surface area contributed by atoms with Gasteiger partial charge in [0.1, 0.15) is 10.7 Å². The predicted molar refractivity (Wildman–Crippen MR) is 81.3 cm³/mol. The summed E-state index contributed by atoms with van der Waals surface area (Å²) in [6, 6.07) is 8.48. The molecule has 0 aliphatic heterocycles. The monoisotopic (exact) mass is 328 g/mol. The van der Waals surface area contributed by atoms with Crippen molar-refractivity contribution in [2.75, 3.05) is 4.72 Å². The van der Waals surface area contributed by atoms with Gasteiger partial charge in [-0.25, -0.2) is 12.8 Å². The molecule has 2 aromatic carbocycles. The molecule has 0 unspecified atom stereocenters. The first kappa shape index (κ1) is 15.8. The van der Waals surface area contributed by atoms with Gasteiger partial charge in [0.15, 0.2) is 0 Å². The third-order valence-electron chi connectivity index (χ3n) is 2.95. The van der Waals surface area contributed by atoms with Gasteiger partial charge in [-0.2, -0.15) is 0 Å². The first-order valence-electron chi connectivity index (χ1n) is 6.11. The Hall–Kier alpha value is -1.63. The number of anilines is 1. The molecule has 0 spiro atoms. The number of halogens is 2. The maximum Gasteiger partial charge on any atom is 0.264 e. The zero-order valence-corrected chi connectivity index (χ0v) is 12.8. The average Bonchev–Trinajstić information content (AvgIpc) is 2.42. The van der Waals surface area contributed by atoms with Crippen LogP contribution in [-0.4, -0.2) is 8.42 Å². The van der Waals surface area contributed by atoms with Gasteiger partial charge in [-0.1, -0.05) is 23.7 Å². The van der Waals surface area contributed by atoms with Gasteiger partial charge in [0.05, 0.1) is 5.69 Å². The van der Waals surface area contributed by atoms with Crippen LogP contribution in [0, 0.1) is 12.7 Å². The normalized spacial score (nSPS) is 11.4. The molecule has 0 radical (unpaired) electrons. The Labute approximate surface area is 127 Å². The highest BCUT2D eigenvalue weighted by atomic mass is 35.5. The predicted octanol–water partition coefficient (Wildman–Crippen LogP) is 3.05. The summed E-state index contributed by atoms with van der Waals surface area (Å²) in [4.78, 5) is -0.434. The lowest BCUT2D eigenvalue weighted by Gasteiger charge is -2.10. The van der Waals surface area contributed by atoms with E-state index in [2.05, 4.69) is 4.72 Å². The van der Waals surface area contributed by atoms with Crippen molar-refractivity contribution in [2.24, 2.45) is 5.73 Å². The number of hydrogen-bond acceptors (Lipinski definition) is 3. The molecule has 0 heterocycles. The minimum atomic E-state index is -4.02. The molecule has 0 aliphatic rings. The van der Waals surface area contributed by atoms with E-state index in [1.807, 2.05) is 0 Å². The molecule has 2 rings (SSSR count). The molecule has 0 atom stereocenters. The van der Waals surface area contributed by atoms with E-state index < -0.39 is 20.7 Å². The van der Waals surface area contributed by atoms with Crippen LogP contribution in [0.3, 0.4) is 0 Å². The number of benzene rings is 2. The number of nitrogens with one attached hydrogen (secondary N) is 1. The van der Waals surface area contributed by atoms with Crippen LogP contribution in [-0.2, 0) is 16.6 Å². The van der Waals surface area contributed by atoms with Crippen molar-refractivity contribution in [3.05, 3.63) is 58.4 Å². The standard InChI is InChI=1S/C14H14ClFN2O2S/c1-9-2-4-11(7-12(9)15)18-21(19,20)14-5-3-10(8-17)6-13(14)16/h2-7,18H,8,17H2,1H3. The van der Waals surface area contributed by atoms with Crippen molar-refractivity contribution in [3.8, 4) is 0 Å². The Bertz CT molecular complexity index is 779. The highest BCUT2D eigenvalue weighted by molar-refractivity contribution is 7.92. The fourth-order valence-electron chi connectivity index (χ4n) is 1.76. The average molecular weight is 329 g/mol. The van der Waals surface area contributed by atoms with E-state index in [9.17, 15) is 12.8 Å². The molecule has 0 bridgehead atoms. The van der Waals surface area contributed by atoms with E-state index in [1.54, 1.807) is 19.1 Å². The Morgan fingerprint density at radius 2 is 1.95 bits per heavy atom. The summed E-state index contributed by atoms with van der Waals surface area (Å²) in [6.45, 7) is 1.93. The molecule has 0 saturated carbocycles. The summed E-state index contributed by atoms with van der Waals surface area (Å²) in [5, 5.41) is 0.425. The molecule has 0 amide bonds. The molecule has 4 nitrogen and oxygen atoms in total. The van der Waals surface area contributed by atoms with Crippen LogP contribution in [0.15, 0.2) is 41.3 Å². The molecule has 112 valence electrons. The third kappa shape index (κ3) is 3.53. The summed E-state index contributed by atoms with van der Waals surface area (Å²) in [5.74, 6) is -0.844. The molecule has 21 heavy (non-hydrogen) atoms. The van der Waals surface area contributed by atoms with Crippen molar-refractivity contribution < 1.29 is 12.8 Å². The van der Waals surface area contributed by atoms with E-state index in [-0.39, 0.29) is 12.2 Å². The molecule has 7 heteroatoms. The van der Waals surface area contributed by atoms with Gasteiger partial charge in [0.25, 0.3) is 10.0 Å². The fraction of sp³-hybridized carbons (Fsp3) is 0.143. The van der Waals surface area contributed by atoms with E-state index in [4.69, 9.17) is 17.3 Å². The van der Waals surface area contributed by atoms with Crippen molar-refractivity contribution in [1.29, 1.82) is 0 Å². The minimum Gasteiger partial charge on any atom is -0.326 e. The van der Waals surface area contributed by atoms with Gasteiger partial charge in [-0.15, -0.1) is 0 Å². The van der Waals surface area contributed by atoms with Crippen LogP contribution in [0.5, 0.6) is 0 Å². The SMILES string of the molecule is Cc1ccc(NS(=O)(=O)c2ccc(CN)cc2F)cc1Cl. The molecular weight excluding hydrogens is 315 g/mol. The summed E-state index contributed by atoms with van der Waals surface area (Å²) in [7, 11) is -4.02. The third-order valence-corrected chi connectivity index (χ3v) is 4.77. The van der Waals surface area contributed by atoms with Crippen LogP contribution in [0.2, 0.25) is 5.02 Å². The van der Waals surface area contributed by atoms with Gasteiger partial charge in [-0.05, 0) is 42.3 Å². The number of hydrogen-bond donors (Lipinski definition) is 2. The second-order valence-corrected chi connectivity index (χ2v) is 6.60. The second kappa shape index (κ2) is 6.01. The van der Waals surface area contributed by atoms with E-state index >= 15 is 0 Å². The lowest BCUT2D eigenvalue weighted by Crippen LogP contribution is -2.15. The lowest BCUT2D eigenvalue weighted by atomic mass is 10.2. The molecular formula is C14H14ClFN2O2S. The fourth-order valence-corrected chi connectivity index (χ4v) is 3.05. The summed E-state index contributed by atoms with van der Waals surface area (Å²) in [6.07, 6.45) is 0. The number of nitrogens with two attached hydrogens (primary N) is 1. The van der Waals surface area contributed by atoms with Crippen LogP contribution < -0.4 is 10.5 Å². The Morgan fingerprint density at radius 3 is 2.52 bits per heavy atom. The topological polar surface area (TPSA) is 72.2 Å². The molecule has 3 N–H and O–H groups in total. The van der Waals surface area contributed by atoms with Crippen LogP contribution in [0.25, 0.3) is 0 Å². The smallest absolute Gasteiger partial charge is 0.264 e. The molecule has 0 fully saturated rings. The number of sulfonamides is 1. The first-order valence-corrected chi connectivity index (χ1v) is 7.97. The highest BCUT2D eigenvalue weighted by Gasteiger charge is 2.19. The quantitative estimate of drug-likeness (QED) is 0.906. The minimum absolute atomic E-state index is 0.137. The van der Waals surface area contributed by atoms with E-state index in [1.165, 1.54) is 18.2 Å². The van der Waals surface area contributed by atoms with Gasteiger partial charge in [-0.3, -0.25) is 4.72 Å². The Balaban J connectivity index is 2.36. The van der Waals surface area contributed by atoms with Crippen molar-refractivity contribution in [1.82, 2.24) is 0 Å². The summed E-state index contributed by atoms with van der Waals surface area (Å²) in [5.41, 5.74) is 6.99. The second-order valence-electron chi connectivity index (χ2n) is 4.54. The summed E-state index contributed by atoms with van der Waals surface area (Å²) < 4.78 is 40.6. The first-order chi connectivity index (χ1) is 9.83. The molecule has 0 aliphatic carbocycles. The van der Waals surface area contributed by atoms with Gasteiger partial charge in [0, 0.05) is 11.6 Å². The zero-order chi connectivity index (χ0) is 15.6. The largest absolute Gasteiger partial charge is 0.326 e.